The Balaban J connectivity index is 3.02. The first-order valence-electron chi connectivity index (χ1n) is 6.67. The number of Topliss-reactive ketones (excluding diaryl/α,β-unsaturated/α-hetero) is 1. The zero-order valence-corrected chi connectivity index (χ0v) is 12.1. The molecule has 1 rings (SSSR count). The van der Waals surface area contributed by atoms with E-state index < -0.39 is 0 Å². The van der Waals surface area contributed by atoms with Crippen molar-refractivity contribution in [3.63, 3.8) is 0 Å². The normalized spacial score (nSPS) is 10.6. The summed E-state index contributed by atoms with van der Waals surface area (Å²) >= 11 is 0. The SMILES string of the molecule is CCCC(CCC)C(=O)c1ncc(OC)nc1OC. The highest BCUT2D eigenvalue weighted by molar-refractivity contribution is 5.98. The van der Waals surface area contributed by atoms with E-state index in [0.717, 1.165) is 25.7 Å². The fraction of sp³-hybridized carbons (Fsp3) is 0.643. The Morgan fingerprint density at radius 1 is 1.21 bits per heavy atom. The summed E-state index contributed by atoms with van der Waals surface area (Å²) in [4.78, 5) is 20.7. The number of carbonyl (C=O) groups excluding carboxylic acids is 1. The van der Waals surface area contributed by atoms with E-state index in [0.29, 0.717) is 11.6 Å². The molecule has 0 aliphatic carbocycles. The fourth-order valence-electron chi connectivity index (χ4n) is 2.06. The lowest BCUT2D eigenvalue weighted by Crippen LogP contribution is -2.17. The van der Waals surface area contributed by atoms with Crippen LogP contribution in [0.2, 0.25) is 0 Å². The smallest absolute Gasteiger partial charge is 0.246 e. The van der Waals surface area contributed by atoms with Crippen molar-refractivity contribution in [2.45, 2.75) is 39.5 Å². The fourth-order valence-corrected chi connectivity index (χ4v) is 2.06. The second-order valence-corrected chi connectivity index (χ2v) is 4.41. The lowest BCUT2D eigenvalue weighted by Gasteiger charge is -2.15. The minimum atomic E-state index is -0.00778. The van der Waals surface area contributed by atoms with Crippen LogP contribution in [0.3, 0.4) is 0 Å². The van der Waals surface area contributed by atoms with Crippen LogP contribution in [0, 0.1) is 5.92 Å². The zero-order valence-electron chi connectivity index (χ0n) is 12.1. The van der Waals surface area contributed by atoms with Crippen molar-refractivity contribution in [2.24, 2.45) is 5.92 Å². The topological polar surface area (TPSA) is 61.3 Å². The van der Waals surface area contributed by atoms with Gasteiger partial charge in [0.15, 0.2) is 11.5 Å². The van der Waals surface area contributed by atoms with Gasteiger partial charge in [0, 0.05) is 5.92 Å². The minimum Gasteiger partial charge on any atom is -0.480 e. The number of methoxy groups -OCH3 is 2. The standard InChI is InChI=1S/C14H22N2O3/c1-5-7-10(8-6-2)13(17)12-14(19-4)16-11(18-3)9-15-12/h9-10H,5-8H2,1-4H3. The third-order valence-electron chi connectivity index (χ3n) is 3.00. The summed E-state index contributed by atoms with van der Waals surface area (Å²) in [5, 5.41) is 0. The molecular weight excluding hydrogens is 244 g/mol. The van der Waals surface area contributed by atoms with Crippen LogP contribution in [0.5, 0.6) is 11.8 Å². The number of rotatable bonds is 8. The van der Waals surface area contributed by atoms with Crippen molar-refractivity contribution in [1.82, 2.24) is 9.97 Å². The van der Waals surface area contributed by atoms with Crippen LogP contribution in [0.4, 0.5) is 0 Å². The maximum absolute atomic E-state index is 12.5. The number of hydrogen-bond donors (Lipinski definition) is 0. The number of ketones is 1. The first-order valence-corrected chi connectivity index (χ1v) is 6.67. The number of aromatic nitrogens is 2. The Kier molecular flexibility index (Phi) is 6.25. The zero-order chi connectivity index (χ0) is 14.3. The average molecular weight is 266 g/mol. The summed E-state index contributed by atoms with van der Waals surface area (Å²) < 4.78 is 10.1. The summed E-state index contributed by atoms with van der Waals surface area (Å²) in [6, 6.07) is 0. The lowest BCUT2D eigenvalue weighted by atomic mass is 9.92. The largest absolute Gasteiger partial charge is 0.480 e. The molecule has 1 aromatic rings. The van der Waals surface area contributed by atoms with Crippen molar-refractivity contribution in [3.8, 4) is 11.8 Å². The Morgan fingerprint density at radius 3 is 2.32 bits per heavy atom. The van der Waals surface area contributed by atoms with Crippen LogP contribution in [0.1, 0.15) is 50.0 Å². The van der Waals surface area contributed by atoms with Crippen molar-refractivity contribution in [2.75, 3.05) is 14.2 Å². The summed E-state index contributed by atoms with van der Waals surface area (Å²) in [6.07, 6.45) is 5.13. The van der Waals surface area contributed by atoms with Crippen molar-refractivity contribution >= 4 is 5.78 Å². The van der Waals surface area contributed by atoms with E-state index in [1.54, 1.807) is 0 Å². The van der Waals surface area contributed by atoms with Gasteiger partial charge in [-0.2, -0.15) is 4.98 Å². The molecule has 0 aliphatic rings. The van der Waals surface area contributed by atoms with E-state index in [1.165, 1.54) is 20.4 Å². The van der Waals surface area contributed by atoms with Crippen LogP contribution < -0.4 is 9.47 Å². The Labute approximate surface area is 114 Å². The Bertz CT molecular complexity index is 415. The van der Waals surface area contributed by atoms with Crippen LogP contribution in [0.25, 0.3) is 0 Å². The molecule has 1 aromatic heterocycles. The van der Waals surface area contributed by atoms with E-state index in [1.807, 2.05) is 0 Å². The highest BCUT2D eigenvalue weighted by Crippen LogP contribution is 2.24. The average Bonchev–Trinajstić information content (AvgIpc) is 2.45. The van der Waals surface area contributed by atoms with Gasteiger partial charge in [-0.1, -0.05) is 26.7 Å². The highest BCUT2D eigenvalue weighted by atomic mass is 16.5. The number of hydrogen-bond acceptors (Lipinski definition) is 5. The monoisotopic (exact) mass is 266 g/mol. The third kappa shape index (κ3) is 3.91. The van der Waals surface area contributed by atoms with Crippen LogP contribution in [0.15, 0.2) is 6.20 Å². The molecule has 0 aromatic carbocycles. The minimum absolute atomic E-state index is 0.00778. The molecule has 0 fully saturated rings. The predicted octanol–water partition coefficient (Wildman–Crippen LogP) is 2.89. The van der Waals surface area contributed by atoms with Gasteiger partial charge < -0.3 is 9.47 Å². The molecule has 0 aliphatic heterocycles. The van der Waals surface area contributed by atoms with E-state index >= 15 is 0 Å². The van der Waals surface area contributed by atoms with Crippen LogP contribution in [-0.4, -0.2) is 30.0 Å². The maximum atomic E-state index is 12.5. The van der Waals surface area contributed by atoms with E-state index in [2.05, 4.69) is 23.8 Å². The second kappa shape index (κ2) is 7.71. The molecule has 0 atom stereocenters. The first kappa shape index (κ1) is 15.4. The van der Waals surface area contributed by atoms with E-state index in [9.17, 15) is 4.79 Å². The Morgan fingerprint density at radius 2 is 1.84 bits per heavy atom. The van der Waals surface area contributed by atoms with Gasteiger partial charge in [-0.15, -0.1) is 0 Å². The van der Waals surface area contributed by atoms with Gasteiger partial charge in [-0.25, -0.2) is 4.98 Å². The van der Waals surface area contributed by atoms with Gasteiger partial charge >= 0.3 is 0 Å². The summed E-state index contributed by atoms with van der Waals surface area (Å²) in [6.45, 7) is 4.15. The highest BCUT2D eigenvalue weighted by Gasteiger charge is 2.24. The predicted molar refractivity (Wildman–Crippen MR) is 72.8 cm³/mol. The number of ether oxygens (including phenoxy) is 2. The first-order chi connectivity index (χ1) is 9.17. The molecule has 0 bridgehead atoms. The van der Waals surface area contributed by atoms with Gasteiger partial charge in [0.05, 0.1) is 20.4 Å². The molecular formula is C14H22N2O3. The van der Waals surface area contributed by atoms with Crippen molar-refractivity contribution < 1.29 is 14.3 Å². The van der Waals surface area contributed by atoms with Gasteiger partial charge in [0.25, 0.3) is 0 Å². The molecule has 0 amide bonds. The number of carbonyl (C=O) groups is 1. The van der Waals surface area contributed by atoms with Gasteiger partial charge in [0.2, 0.25) is 11.8 Å². The molecule has 0 radical (unpaired) electrons. The molecule has 0 unspecified atom stereocenters. The maximum Gasteiger partial charge on any atom is 0.246 e. The second-order valence-electron chi connectivity index (χ2n) is 4.41. The van der Waals surface area contributed by atoms with Crippen molar-refractivity contribution in [1.29, 1.82) is 0 Å². The summed E-state index contributed by atoms with van der Waals surface area (Å²) in [5.74, 6) is 0.583. The van der Waals surface area contributed by atoms with Gasteiger partial charge in [0.1, 0.15) is 0 Å². The molecule has 106 valence electrons. The lowest BCUT2D eigenvalue weighted by molar-refractivity contribution is 0.0895. The van der Waals surface area contributed by atoms with Gasteiger partial charge in [-0.3, -0.25) is 4.79 Å². The molecule has 0 N–H and O–H groups in total. The molecule has 0 saturated carbocycles. The quantitative estimate of drug-likeness (QED) is 0.677. The summed E-state index contributed by atoms with van der Waals surface area (Å²) in [5.41, 5.74) is 0.301. The number of nitrogens with zero attached hydrogens (tertiary/aromatic N) is 2. The van der Waals surface area contributed by atoms with Crippen molar-refractivity contribution in [3.05, 3.63) is 11.9 Å². The van der Waals surface area contributed by atoms with Crippen LogP contribution >= 0.6 is 0 Å². The molecule has 5 heteroatoms. The van der Waals surface area contributed by atoms with E-state index in [-0.39, 0.29) is 17.6 Å². The molecule has 19 heavy (non-hydrogen) atoms. The molecule has 1 heterocycles. The Hall–Kier alpha value is -1.65. The third-order valence-corrected chi connectivity index (χ3v) is 3.00. The summed E-state index contributed by atoms with van der Waals surface area (Å²) in [7, 11) is 2.98. The molecule has 5 nitrogen and oxygen atoms in total. The van der Waals surface area contributed by atoms with Gasteiger partial charge in [-0.05, 0) is 12.8 Å². The molecule has 0 saturated heterocycles. The van der Waals surface area contributed by atoms with E-state index in [4.69, 9.17) is 9.47 Å². The van der Waals surface area contributed by atoms with Crippen LogP contribution in [-0.2, 0) is 0 Å². The molecule has 0 spiro atoms.